The minimum atomic E-state index is -0.737. The second kappa shape index (κ2) is 12.9. The number of nitrogens with zero attached hydrogens (tertiary/aromatic N) is 2. The highest BCUT2D eigenvalue weighted by Crippen LogP contribution is 2.58. The number of guanidine groups is 1. The van der Waals surface area contributed by atoms with E-state index in [4.69, 9.17) is 9.47 Å². The molecule has 0 aromatic carbocycles. The van der Waals surface area contributed by atoms with Crippen LogP contribution in [-0.4, -0.2) is 66.2 Å². The van der Waals surface area contributed by atoms with Crippen molar-refractivity contribution < 1.29 is 23.9 Å². The molecule has 0 unspecified atom stereocenters. The number of hydrogen-bond acceptors (Lipinski definition) is 8. The molecular formula is C32H48N4O5S. The van der Waals surface area contributed by atoms with Gasteiger partial charge in [-0.15, -0.1) is 11.3 Å². The van der Waals surface area contributed by atoms with Gasteiger partial charge in [-0.1, -0.05) is 0 Å². The normalized spacial score (nSPS) is 27.0. The van der Waals surface area contributed by atoms with Gasteiger partial charge in [-0.3, -0.25) is 20.0 Å². The van der Waals surface area contributed by atoms with Crippen LogP contribution in [0, 0.1) is 17.8 Å². The molecule has 4 fully saturated rings. The van der Waals surface area contributed by atoms with Crippen molar-refractivity contribution in [3.63, 3.8) is 0 Å². The summed E-state index contributed by atoms with van der Waals surface area (Å²) in [6.45, 7) is 7.21. The zero-order valence-electron chi connectivity index (χ0n) is 25.7. The number of rotatable bonds is 10. The SMILES string of the molecule is COC(=O)N([C@@H](Cc1ccc(CCCCC(=O)NC2=NCCCN2)s1)C(=O)OC(C)(C)C)C12CC3CC(CC(C3)C1)C2. The van der Waals surface area contributed by atoms with Gasteiger partial charge in [-0.05, 0) is 115 Å². The van der Waals surface area contributed by atoms with Gasteiger partial charge in [-0.2, -0.15) is 0 Å². The van der Waals surface area contributed by atoms with Gasteiger partial charge in [0, 0.05) is 41.2 Å². The lowest BCUT2D eigenvalue weighted by atomic mass is 9.52. The van der Waals surface area contributed by atoms with E-state index in [0.29, 0.717) is 36.6 Å². The van der Waals surface area contributed by atoms with Crippen LogP contribution in [0.1, 0.15) is 94.7 Å². The molecule has 0 spiro atoms. The van der Waals surface area contributed by atoms with E-state index in [2.05, 4.69) is 27.8 Å². The molecule has 6 rings (SSSR count). The number of aliphatic imine (C=N–C) groups is 1. The van der Waals surface area contributed by atoms with Crippen LogP contribution in [0.25, 0.3) is 0 Å². The van der Waals surface area contributed by atoms with E-state index in [0.717, 1.165) is 62.9 Å². The molecule has 5 aliphatic rings. The van der Waals surface area contributed by atoms with Crippen molar-refractivity contribution in [2.75, 3.05) is 20.2 Å². The average molecular weight is 601 g/mol. The Kier molecular flexibility index (Phi) is 9.50. The summed E-state index contributed by atoms with van der Waals surface area (Å²) in [4.78, 5) is 48.0. The number of nitrogens with one attached hydrogen (secondary N) is 2. The summed E-state index contributed by atoms with van der Waals surface area (Å²) in [5.41, 5.74) is -1.01. The Hall–Kier alpha value is -2.62. The molecule has 1 aliphatic heterocycles. The van der Waals surface area contributed by atoms with Gasteiger partial charge < -0.3 is 14.8 Å². The predicted octanol–water partition coefficient (Wildman–Crippen LogP) is 5.22. The lowest BCUT2D eigenvalue weighted by Crippen LogP contribution is -2.66. The van der Waals surface area contributed by atoms with Gasteiger partial charge in [0.25, 0.3) is 0 Å². The van der Waals surface area contributed by atoms with Crippen LogP contribution in [0.2, 0.25) is 0 Å². The summed E-state index contributed by atoms with van der Waals surface area (Å²) in [5, 5.41) is 5.97. The number of hydrogen-bond donors (Lipinski definition) is 2. The van der Waals surface area contributed by atoms with Crippen LogP contribution in [0.4, 0.5) is 4.79 Å². The molecule has 2 heterocycles. The highest BCUT2D eigenvalue weighted by Gasteiger charge is 2.57. The first-order valence-corrected chi connectivity index (χ1v) is 16.6. The number of carbonyl (C=O) groups excluding carboxylic acids is 3. The lowest BCUT2D eigenvalue weighted by Gasteiger charge is -2.60. The summed E-state index contributed by atoms with van der Waals surface area (Å²) in [6, 6.07) is 3.45. The summed E-state index contributed by atoms with van der Waals surface area (Å²) >= 11 is 1.68. The van der Waals surface area contributed by atoms with Crippen molar-refractivity contribution in [3.05, 3.63) is 21.9 Å². The van der Waals surface area contributed by atoms with E-state index in [1.807, 2.05) is 25.7 Å². The van der Waals surface area contributed by atoms with Crippen molar-refractivity contribution in [1.29, 1.82) is 0 Å². The molecular weight excluding hydrogens is 552 g/mol. The first kappa shape index (κ1) is 30.8. The van der Waals surface area contributed by atoms with Gasteiger partial charge in [-0.25, -0.2) is 9.59 Å². The fraction of sp³-hybridized carbons (Fsp3) is 0.750. The summed E-state index contributed by atoms with van der Waals surface area (Å²) in [7, 11) is 1.42. The van der Waals surface area contributed by atoms with E-state index in [-0.39, 0.29) is 17.4 Å². The standard InChI is InChI=1S/C32H48N4O5S/c1-31(2,3)41-28(38)26(36(30(39)40-4)32-18-21-14-22(19-32)16-23(15-21)20-32)17-25-11-10-24(42-25)8-5-6-9-27(37)35-29-33-12-7-13-34-29/h10-11,21-23,26H,5-9,12-20H2,1-4H3,(H2,33,34,35,37)/t21?,22?,23?,26-,32?/m0/s1. The van der Waals surface area contributed by atoms with E-state index in [1.165, 1.54) is 31.2 Å². The quantitative estimate of drug-likeness (QED) is 0.282. The van der Waals surface area contributed by atoms with Crippen LogP contribution < -0.4 is 10.6 Å². The fourth-order valence-corrected chi connectivity index (χ4v) is 9.11. The molecule has 2 amide bonds. The molecule has 4 bridgehead atoms. The first-order valence-electron chi connectivity index (χ1n) is 15.8. The molecule has 9 nitrogen and oxygen atoms in total. The number of ether oxygens (including phenoxy) is 2. The van der Waals surface area contributed by atoms with Crippen molar-refractivity contribution >= 4 is 35.3 Å². The van der Waals surface area contributed by atoms with E-state index in [9.17, 15) is 14.4 Å². The number of aryl methyl sites for hydroxylation is 1. The monoisotopic (exact) mass is 600 g/mol. The minimum Gasteiger partial charge on any atom is -0.458 e. The average Bonchev–Trinajstić information content (AvgIpc) is 3.36. The molecule has 42 heavy (non-hydrogen) atoms. The van der Waals surface area contributed by atoms with Crippen LogP contribution in [0.15, 0.2) is 17.1 Å². The van der Waals surface area contributed by atoms with Gasteiger partial charge in [0.2, 0.25) is 5.91 Å². The maximum Gasteiger partial charge on any atom is 0.410 e. The molecule has 2 N–H and O–H groups in total. The Morgan fingerprint density at radius 3 is 2.36 bits per heavy atom. The number of thiophene rings is 1. The maximum atomic E-state index is 13.8. The number of amides is 2. The third-order valence-corrected chi connectivity index (χ3v) is 10.4. The lowest BCUT2D eigenvalue weighted by molar-refractivity contribution is -0.168. The fourth-order valence-electron chi connectivity index (χ4n) is 8.01. The Labute approximate surface area is 254 Å². The highest BCUT2D eigenvalue weighted by molar-refractivity contribution is 7.12. The highest BCUT2D eigenvalue weighted by atomic mass is 32.1. The topological polar surface area (TPSA) is 109 Å². The van der Waals surface area contributed by atoms with Crippen LogP contribution >= 0.6 is 11.3 Å². The molecule has 0 saturated heterocycles. The molecule has 4 saturated carbocycles. The Balaban J connectivity index is 1.25. The van der Waals surface area contributed by atoms with Crippen molar-refractivity contribution in [2.45, 2.75) is 115 Å². The number of methoxy groups -OCH3 is 1. The van der Waals surface area contributed by atoms with Crippen LogP contribution in [-0.2, 0) is 31.9 Å². The molecule has 1 atom stereocenters. The Bertz CT molecular complexity index is 1140. The zero-order valence-corrected chi connectivity index (χ0v) is 26.5. The van der Waals surface area contributed by atoms with Crippen molar-refractivity contribution in [3.8, 4) is 0 Å². The van der Waals surface area contributed by atoms with Gasteiger partial charge in [0.1, 0.15) is 11.6 Å². The van der Waals surface area contributed by atoms with Gasteiger partial charge >= 0.3 is 12.1 Å². The van der Waals surface area contributed by atoms with Gasteiger partial charge in [0.05, 0.1) is 7.11 Å². The van der Waals surface area contributed by atoms with E-state index >= 15 is 0 Å². The molecule has 4 aliphatic carbocycles. The third kappa shape index (κ3) is 7.47. The number of carbonyl (C=O) groups is 3. The second-order valence-electron chi connectivity index (χ2n) is 13.9. The minimum absolute atomic E-state index is 0.0113. The molecule has 1 aromatic heterocycles. The van der Waals surface area contributed by atoms with E-state index in [1.54, 1.807) is 11.3 Å². The van der Waals surface area contributed by atoms with Crippen LogP contribution in [0.5, 0.6) is 0 Å². The Morgan fingerprint density at radius 1 is 1.10 bits per heavy atom. The Morgan fingerprint density at radius 2 is 1.76 bits per heavy atom. The largest absolute Gasteiger partial charge is 0.458 e. The van der Waals surface area contributed by atoms with Crippen molar-refractivity contribution in [2.24, 2.45) is 22.7 Å². The molecule has 1 aromatic rings. The third-order valence-electron chi connectivity index (χ3n) is 9.22. The molecule has 10 heteroatoms. The van der Waals surface area contributed by atoms with E-state index < -0.39 is 17.7 Å². The molecule has 0 radical (unpaired) electrons. The predicted molar refractivity (Wildman–Crippen MR) is 163 cm³/mol. The van der Waals surface area contributed by atoms with Crippen molar-refractivity contribution in [1.82, 2.24) is 15.5 Å². The summed E-state index contributed by atoms with van der Waals surface area (Å²) < 4.78 is 11.3. The number of unbranched alkanes of at least 4 members (excludes halogenated alkanes) is 1. The number of esters is 1. The first-order chi connectivity index (χ1) is 20.0. The zero-order chi connectivity index (χ0) is 29.9. The summed E-state index contributed by atoms with van der Waals surface area (Å²) in [6.07, 6.45) is 10.5. The van der Waals surface area contributed by atoms with Crippen LogP contribution in [0.3, 0.4) is 0 Å². The second-order valence-corrected chi connectivity index (χ2v) is 15.1. The summed E-state index contributed by atoms with van der Waals surface area (Å²) in [5.74, 6) is 2.06. The molecule has 232 valence electrons. The maximum absolute atomic E-state index is 13.8. The smallest absolute Gasteiger partial charge is 0.410 e. The van der Waals surface area contributed by atoms with Gasteiger partial charge in [0.15, 0.2) is 5.96 Å².